The smallest absolute Gasteiger partial charge is 0.251 e. The Morgan fingerprint density at radius 1 is 0.900 bits per heavy atom. The lowest BCUT2D eigenvalue weighted by atomic mass is 10.1. The second-order valence-electron chi connectivity index (χ2n) is 6.99. The molecule has 2 N–H and O–H groups in total. The highest BCUT2D eigenvalue weighted by atomic mass is 16.2. The van der Waals surface area contributed by atoms with Gasteiger partial charge in [0.05, 0.1) is 11.0 Å². The molecule has 0 unspecified atom stereocenters. The number of para-hydroxylation sites is 1. The molecule has 4 aromatic rings. The van der Waals surface area contributed by atoms with Crippen LogP contribution < -0.4 is 10.6 Å². The zero-order chi connectivity index (χ0) is 21.1. The van der Waals surface area contributed by atoms with E-state index in [0.29, 0.717) is 17.7 Å². The van der Waals surface area contributed by atoms with Crippen LogP contribution in [0.5, 0.6) is 0 Å². The minimum atomic E-state index is -0.167. The van der Waals surface area contributed by atoms with Gasteiger partial charge in [-0.3, -0.25) is 14.2 Å². The van der Waals surface area contributed by atoms with Gasteiger partial charge in [0.2, 0.25) is 0 Å². The second kappa shape index (κ2) is 8.21. The number of imidazole rings is 1. The zero-order valence-electron chi connectivity index (χ0n) is 16.8. The van der Waals surface area contributed by atoms with E-state index >= 15 is 0 Å². The third-order valence-corrected chi connectivity index (χ3v) is 5.00. The summed E-state index contributed by atoms with van der Waals surface area (Å²) in [6.45, 7) is 2.33. The van der Waals surface area contributed by atoms with Crippen LogP contribution in [0.15, 0.2) is 72.8 Å². The van der Waals surface area contributed by atoms with E-state index in [2.05, 4.69) is 20.2 Å². The normalized spacial score (nSPS) is 10.7. The molecular weight excluding hydrogens is 376 g/mol. The molecular formula is C24H22N4O2. The number of amides is 2. The van der Waals surface area contributed by atoms with Gasteiger partial charge in [0.25, 0.3) is 11.8 Å². The number of fused-ring (bicyclic) bond motifs is 1. The molecule has 4 rings (SSSR count). The molecule has 1 heterocycles. The maximum atomic E-state index is 12.6. The van der Waals surface area contributed by atoms with Crippen LogP contribution in [0.3, 0.4) is 0 Å². The van der Waals surface area contributed by atoms with Crippen LogP contribution in [-0.4, -0.2) is 28.4 Å². The highest BCUT2D eigenvalue weighted by Gasteiger charge is 2.13. The molecule has 150 valence electrons. The fourth-order valence-corrected chi connectivity index (χ4v) is 3.45. The summed E-state index contributed by atoms with van der Waals surface area (Å²) in [7, 11) is 1.59. The van der Waals surface area contributed by atoms with Crippen molar-refractivity contribution in [3.63, 3.8) is 0 Å². The van der Waals surface area contributed by atoms with E-state index in [1.165, 1.54) is 0 Å². The Kier molecular flexibility index (Phi) is 5.30. The average molecular weight is 398 g/mol. The van der Waals surface area contributed by atoms with Crippen LogP contribution in [0.1, 0.15) is 32.1 Å². The Morgan fingerprint density at radius 3 is 2.30 bits per heavy atom. The lowest BCUT2D eigenvalue weighted by molar-refractivity contribution is 0.0946. The van der Waals surface area contributed by atoms with Crippen LogP contribution in [0.4, 0.5) is 0 Å². The molecule has 0 saturated heterocycles. The van der Waals surface area contributed by atoms with Crippen LogP contribution in [-0.2, 0) is 6.54 Å². The number of carbonyl (C=O) groups excluding carboxylic acids is 2. The number of rotatable bonds is 5. The predicted octanol–water partition coefficient (Wildman–Crippen LogP) is 3.62. The Hall–Kier alpha value is -3.93. The molecule has 2 amide bonds. The molecule has 0 aliphatic carbocycles. The maximum Gasteiger partial charge on any atom is 0.251 e. The molecule has 1 aromatic heterocycles. The van der Waals surface area contributed by atoms with Gasteiger partial charge in [0, 0.05) is 30.4 Å². The van der Waals surface area contributed by atoms with Crippen molar-refractivity contribution in [2.75, 3.05) is 7.05 Å². The van der Waals surface area contributed by atoms with Crippen molar-refractivity contribution in [1.29, 1.82) is 0 Å². The van der Waals surface area contributed by atoms with Crippen molar-refractivity contribution in [2.45, 2.75) is 13.5 Å². The summed E-state index contributed by atoms with van der Waals surface area (Å²) in [4.78, 5) is 28.9. The van der Waals surface area contributed by atoms with Crippen molar-refractivity contribution in [2.24, 2.45) is 0 Å². The lowest BCUT2D eigenvalue weighted by Crippen LogP contribution is -2.23. The Labute approximate surface area is 174 Å². The Bertz CT molecular complexity index is 1210. The number of nitrogens with one attached hydrogen (secondary N) is 2. The first-order valence-electron chi connectivity index (χ1n) is 9.70. The van der Waals surface area contributed by atoms with Gasteiger partial charge in [-0.2, -0.15) is 0 Å². The number of hydrogen-bond donors (Lipinski definition) is 2. The van der Waals surface area contributed by atoms with Crippen molar-refractivity contribution < 1.29 is 9.59 Å². The van der Waals surface area contributed by atoms with E-state index < -0.39 is 0 Å². The molecule has 0 spiro atoms. The molecule has 6 nitrogen and oxygen atoms in total. The van der Waals surface area contributed by atoms with Gasteiger partial charge in [-0.05, 0) is 55.0 Å². The first kappa shape index (κ1) is 19.4. The van der Waals surface area contributed by atoms with E-state index in [1.54, 1.807) is 19.2 Å². The van der Waals surface area contributed by atoms with Crippen LogP contribution >= 0.6 is 0 Å². The number of benzene rings is 3. The van der Waals surface area contributed by atoms with Gasteiger partial charge in [0.1, 0.15) is 5.82 Å². The summed E-state index contributed by atoms with van der Waals surface area (Å²) in [5.41, 5.74) is 4.83. The topological polar surface area (TPSA) is 76.0 Å². The molecule has 0 aliphatic heterocycles. The fraction of sp³-hybridized carbons (Fsp3) is 0.125. The molecule has 0 atom stereocenters. The highest BCUT2D eigenvalue weighted by molar-refractivity contribution is 5.97. The maximum absolute atomic E-state index is 12.6. The van der Waals surface area contributed by atoms with Gasteiger partial charge in [-0.25, -0.2) is 4.98 Å². The monoisotopic (exact) mass is 398 g/mol. The first-order valence-corrected chi connectivity index (χ1v) is 9.70. The van der Waals surface area contributed by atoms with E-state index in [-0.39, 0.29) is 11.8 Å². The average Bonchev–Trinajstić information content (AvgIpc) is 3.12. The van der Waals surface area contributed by atoms with Crippen LogP contribution in [0.2, 0.25) is 0 Å². The summed E-state index contributed by atoms with van der Waals surface area (Å²) in [5, 5.41) is 5.51. The molecule has 0 fully saturated rings. The summed E-state index contributed by atoms with van der Waals surface area (Å²) in [6, 6.07) is 22.7. The van der Waals surface area contributed by atoms with Crippen molar-refractivity contribution in [3.8, 4) is 5.69 Å². The predicted molar refractivity (Wildman–Crippen MR) is 117 cm³/mol. The molecule has 30 heavy (non-hydrogen) atoms. The third-order valence-electron chi connectivity index (χ3n) is 5.00. The number of hydrogen-bond acceptors (Lipinski definition) is 3. The van der Waals surface area contributed by atoms with Crippen LogP contribution in [0.25, 0.3) is 16.7 Å². The zero-order valence-corrected chi connectivity index (χ0v) is 16.8. The van der Waals surface area contributed by atoms with Crippen molar-refractivity contribution in [1.82, 2.24) is 20.2 Å². The van der Waals surface area contributed by atoms with Gasteiger partial charge >= 0.3 is 0 Å². The molecule has 6 heteroatoms. The summed E-state index contributed by atoms with van der Waals surface area (Å²) in [5.74, 6) is 0.563. The fourth-order valence-electron chi connectivity index (χ4n) is 3.45. The minimum absolute atomic E-state index is 0.135. The molecule has 3 aromatic carbocycles. The van der Waals surface area contributed by atoms with E-state index in [9.17, 15) is 9.59 Å². The SMILES string of the molecule is CNC(=O)c1ccc(CNC(=O)c2ccc3c(c2)nc(C)n3-c2ccccc2)cc1. The van der Waals surface area contributed by atoms with Crippen molar-refractivity contribution in [3.05, 3.63) is 95.3 Å². The third kappa shape index (κ3) is 3.80. The van der Waals surface area contributed by atoms with Gasteiger partial charge in [-0.1, -0.05) is 30.3 Å². The number of aryl methyl sites for hydroxylation is 1. The number of nitrogens with zero attached hydrogens (tertiary/aromatic N) is 2. The van der Waals surface area contributed by atoms with Gasteiger partial charge in [0.15, 0.2) is 0 Å². The van der Waals surface area contributed by atoms with E-state index in [4.69, 9.17) is 0 Å². The molecule has 0 saturated carbocycles. The van der Waals surface area contributed by atoms with E-state index in [0.717, 1.165) is 28.1 Å². The van der Waals surface area contributed by atoms with E-state index in [1.807, 2.05) is 67.6 Å². The Balaban J connectivity index is 1.51. The molecule has 0 aliphatic rings. The van der Waals surface area contributed by atoms with Gasteiger partial charge in [-0.15, -0.1) is 0 Å². The molecule has 0 radical (unpaired) electrons. The summed E-state index contributed by atoms with van der Waals surface area (Å²) < 4.78 is 2.07. The standard InChI is InChI=1S/C24H22N4O2/c1-16-27-21-14-19(12-13-22(21)28(16)20-6-4-3-5-7-20)24(30)26-15-17-8-10-18(11-9-17)23(29)25-2/h3-14H,15H2,1-2H3,(H,25,29)(H,26,30). The number of aromatic nitrogens is 2. The van der Waals surface area contributed by atoms with Gasteiger partial charge < -0.3 is 10.6 Å². The van der Waals surface area contributed by atoms with Crippen molar-refractivity contribution >= 4 is 22.8 Å². The largest absolute Gasteiger partial charge is 0.355 e. The minimum Gasteiger partial charge on any atom is -0.355 e. The molecule has 0 bridgehead atoms. The summed E-state index contributed by atoms with van der Waals surface area (Å²) >= 11 is 0. The quantitative estimate of drug-likeness (QED) is 0.539. The Morgan fingerprint density at radius 2 is 1.60 bits per heavy atom. The van der Waals surface area contributed by atoms with Crippen LogP contribution in [0, 0.1) is 6.92 Å². The summed E-state index contributed by atoms with van der Waals surface area (Å²) in [6.07, 6.45) is 0. The number of carbonyl (C=O) groups is 2. The second-order valence-corrected chi connectivity index (χ2v) is 6.99. The first-order chi connectivity index (χ1) is 14.6. The highest BCUT2D eigenvalue weighted by Crippen LogP contribution is 2.22. The lowest BCUT2D eigenvalue weighted by Gasteiger charge is -2.08.